The fourth-order valence-corrected chi connectivity index (χ4v) is 3.23. The molecule has 1 atom stereocenters. The van der Waals surface area contributed by atoms with Crippen molar-refractivity contribution in [2.24, 2.45) is 0 Å². The van der Waals surface area contributed by atoms with Crippen LogP contribution in [0.2, 0.25) is 0 Å². The van der Waals surface area contributed by atoms with Gasteiger partial charge >= 0.3 is 6.03 Å². The number of likely N-dealkylation sites (N-methyl/N-ethyl adjacent to an activating group) is 2. The van der Waals surface area contributed by atoms with E-state index in [0.29, 0.717) is 11.4 Å². The van der Waals surface area contributed by atoms with Crippen molar-refractivity contribution >= 4 is 28.2 Å². The highest BCUT2D eigenvalue weighted by Crippen LogP contribution is 2.23. The summed E-state index contributed by atoms with van der Waals surface area (Å²) in [5.74, 6) is 0.822. The fraction of sp³-hybridized carbons (Fsp3) is 0.583. The van der Waals surface area contributed by atoms with Crippen molar-refractivity contribution in [2.75, 3.05) is 14.1 Å². The van der Waals surface area contributed by atoms with Crippen molar-refractivity contribution in [3.63, 3.8) is 0 Å². The minimum absolute atomic E-state index is 0.197. The van der Waals surface area contributed by atoms with E-state index in [9.17, 15) is 9.59 Å². The third-order valence-electron chi connectivity index (χ3n) is 3.61. The van der Waals surface area contributed by atoms with Crippen LogP contribution in [0.15, 0.2) is 0 Å². The summed E-state index contributed by atoms with van der Waals surface area (Å²) in [5.41, 5.74) is 0. The van der Waals surface area contributed by atoms with E-state index < -0.39 is 6.04 Å². The van der Waals surface area contributed by atoms with Crippen molar-refractivity contribution in [3.05, 3.63) is 10.8 Å². The lowest BCUT2D eigenvalue weighted by molar-refractivity contribution is -0.127. The maximum atomic E-state index is 12.1. The van der Waals surface area contributed by atoms with Gasteiger partial charge in [-0.3, -0.25) is 9.69 Å². The van der Waals surface area contributed by atoms with E-state index in [1.54, 1.807) is 11.6 Å². The molecule has 1 aliphatic heterocycles. The van der Waals surface area contributed by atoms with E-state index in [-0.39, 0.29) is 17.9 Å². The number of nitrogens with zero attached hydrogens (tertiary/aromatic N) is 6. The molecular formula is C12H16N6O2S. The number of imide groups is 1. The Morgan fingerprint density at radius 3 is 2.52 bits per heavy atom. The first kappa shape index (κ1) is 13.9. The van der Waals surface area contributed by atoms with Gasteiger partial charge in [0.1, 0.15) is 11.0 Å². The first-order valence-corrected chi connectivity index (χ1v) is 7.47. The van der Waals surface area contributed by atoms with Crippen LogP contribution in [0.25, 0.3) is 4.96 Å². The van der Waals surface area contributed by atoms with Gasteiger partial charge < -0.3 is 4.90 Å². The number of amides is 3. The van der Waals surface area contributed by atoms with Gasteiger partial charge in [0.05, 0.1) is 0 Å². The molecule has 2 aromatic heterocycles. The molecule has 3 amide bonds. The van der Waals surface area contributed by atoms with Crippen LogP contribution in [0, 0.1) is 0 Å². The number of aromatic nitrogens is 4. The van der Waals surface area contributed by atoms with Crippen LogP contribution in [0.1, 0.15) is 30.6 Å². The van der Waals surface area contributed by atoms with E-state index in [1.165, 1.54) is 23.3 Å². The van der Waals surface area contributed by atoms with Gasteiger partial charge in [-0.2, -0.15) is 9.61 Å². The van der Waals surface area contributed by atoms with Crippen LogP contribution in [0.5, 0.6) is 0 Å². The van der Waals surface area contributed by atoms with E-state index in [1.807, 2.05) is 13.8 Å². The third-order valence-corrected chi connectivity index (χ3v) is 4.53. The second-order valence-electron chi connectivity index (χ2n) is 5.41. The van der Waals surface area contributed by atoms with Gasteiger partial charge in [-0.25, -0.2) is 4.79 Å². The zero-order valence-electron chi connectivity index (χ0n) is 12.3. The summed E-state index contributed by atoms with van der Waals surface area (Å²) in [6, 6.07) is -0.773. The van der Waals surface area contributed by atoms with Crippen molar-refractivity contribution in [1.29, 1.82) is 0 Å². The molecule has 0 spiro atoms. The van der Waals surface area contributed by atoms with Crippen LogP contribution in [0.3, 0.4) is 0 Å². The summed E-state index contributed by atoms with van der Waals surface area (Å²) < 4.78 is 1.72. The van der Waals surface area contributed by atoms with Gasteiger partial charge in [-0.05, 0) is 0 Å². The Kier molecular flexibility index (Phi) is 3.16. The number of carbonyl (C=O) groups excluding carboxylic acids is 2. The Bertz CT molecular complexity index is 720. The molecule has 0 aromatic carbocycles. The molecule has 9 heteroatoms. The van der Waals surface area contributed by atoms with Gasteiger partial charge in [-0.15, -0.1) is 10.2 Å². The molecule has 0 unspecified atom stereocenters. The minimum atomic E-state index is -0.492. The van der Waals surface area contributed by atoms with Crippen LogP contribution in [-0.4, -0.2) is 61.7 Å². The number of urea groups is 1. The molecule has 0 aliphatic carbocycles. The van der Waals surface area contributed by atoms with Gasteiger partial charge in [-0.1, -0.05) is 25.2 Å². The molecular weight excluding hydrogens is 292 g/mol. The minimum Gasteiger partial charge on any atom is -0.315 e. The third kappa shape index (κ3) is 2.08. The second-order valence-corrected chi connectivity index (χ2v) is 6.45. The molecule has 0 N–H and O–H groups in total. The fourth-order valence-electron chi connectivity index (χ4n) is 2.36. The molecule has 3 heterocycles. The van der Waals surface area contributed by atoms with E-state index in [0.717, 1.165) is 15.7 Å². The Morgan fingerprint density at radius 2 is 1.95 bits per heavy atom. The van der Waals surface area contributed by atoms with Gasteiger partial charge in [0.2, 0.25) is 4.96 Å². The van der Waals surface area contributed by atoms with E-state index >= 15 is 0 Å². The van der Waals surface area contributed by atoms with E-state index in [4.69, 9.17) is 0 Å². The maximum absolute atomic E-state index is 12.1. The normalized spacial score (nSPS) is 19.6. The quantitative estimate of drug-likeness (QED) is 0.781. The highest BCUT2D eigenvalue weighted by Gasteiger charge is 2.41. The summed E-state index contributed by atoms with van der Waals surface area (Å²) in [6.07, 6.45) is 0.400. The number of fused-ring (bicyclic) bond motifs is 1. The molecule has 0 bridgehead atoms. The molecule has 1 fully saturated rings. The number of rotatable bonds is 3. The largest absolute Gasteiger partial charge is 0.326 e. The summed E-state index contributed by atoms with van der Waals surface area (Å²) >= 11 is 1.40. The maximum Gasteiger partial charge on any atom is 0.326 e. The summed E-state index contributed by atoms with van der Waals surface area (Å²) in [4.78, 5) is 27.1. The Labute approximate surface area is 125 Å². The predicted octanol–water partition coefficient (Wildman–Crippen LogP) is 0.744. The Morgan fingerprint density at radius 1 is 1.24 bits per heavy atom. The lowest BCUT2D eigenvalue weighted by Crippen LogP contribution is -2.33. The molecule has 0 saturated carbocycles. The molecule has 1 aliphatic rings. The lowest BCUT2D eigenvalue weighted by atomic mass is 10.2. The zero-order valence-corrected chi connectivity index (χ0v) is 13.1. The van der Waals surface area contributed by atoms with E-state index in [2.05, 4.69) is 15.3 Å². The lowest BCUT2D eigenvalue weighted by Gasteiger charge is -2.14. The first-order chi connectivity index (χ1) is 9.90. The monoisotopic (exact) mass is 308 g/mol. The highest BCUT2D eigenvalue weighted by molar-refractivity contribution is 7.16. The second kappa shape index (κ2) is 4.76. The SMILES string of the molecule is CC(C)c1nnc2sc(C[C@H]3C(=O)N(C)C(=O)N3C)nn12. The number of hydrogen-bond acceptors (Lipinski definition) is 6. The number of carbonyl (C=O) groups is 2. The molecule has 112 valence electrons. The van der Waals surface area contributed by atoms with Crippen LogP contribution in [0.4, 0.5) is 4.79 Å². The standard InChI is InChI=1S/C12H16N6O2S/c1-6(2)9-13-14-11-18(9)15-8(21-11)5-7-10(19)17(4)12(20)16(7)3/h6-7H,5H2,1-4H3/t7-/m0/s1. The average Bonchev–Trinajstić information content (AvgIpc) is 3.04. The van der Waals surface area contributed by atoms with Crippen molar-refractivity contribution in [3.8, 4) is 0 Å². The predicted molar refractivity (Wildman–Crippen MR) is 76.2 cm³/mol. The summed E-state index contributed by atoms with van der Waals surface area (Å²) in [6.45, 7) is 4.05. The Balaban J connectivity index is 1.89. The molecule has 2 aromatic rings. The van der Waals surface area contributed by atoms with Gasteiger partial charge in [0, 0.05) is 26.4 Å². The number of hydrogen-bond donors (Lipinski definition) is 0. The van der Waals surface area contributed by atoms with Crippen LogP contribution >= 0.6 is 11.3 Å². The van der Waals surface area contributed by atoms with Gasteiger partial charge in [0.15, 0.2) is 5.82 Å². The molecule has 3 rings (SSSR count). The van der Waals surface area contributed by atoms with Crippen LogP contribution < -0.4 is 0 Å². The summed E-state index contributed by atoms with van der Waals surface area (Å²) in [5, 5.41) is 13.5. The van der Waals surface area contributed by atoms with Crippen molar-refractivity contribution in [2.45, 2.75) is 32.2 Å². The summed E-state index contributed by atoms with van der Waals surface area (Å²) in [7, 11) is 3.13. The van der Waals surface area contributed by atoms with Gasteiger partial charge in [0.25, 0.3) is 5.91 Å². The zero-order chi connectivity index (χ0) is 15.3. The molecule has 0 radical (unpaired) electrons. The average molecular weight is 308 g/mol. The van der Waals surface area contributed by atoms with Crippen molar-refractivity contribution in [1.82, 2.24) is 29.6 Å². The highest BCUT2D eigenvalue weighted by atomic mass is 32.1. The molecule has 8 nitrogen and oxygen atoms in total. The molecule has 21 heavy (non-hydrogen) atoms. The van der Waals surface area contributed by atoms with Crippen LogP contribution in [-0.2, 0) is 11.2 Å². The topological polar surface area (TPSA) is 83.7 Å². The smallest absolute Gasteiger partial charge is 0.315 e. The van der Waals surface area contributed by atoms with Crippen molar-refractivity contribution < 1.29 is 9.59 Å². The molecule has 1 saturated heterocycles. The Hall–Kier alpha value is -2.03. The first-order valence-electron chi connectivity index (χ1n) is 6.65.